The quantitative estimate of drug-likeness (QED) is 0.439. The van der Waals surface area contributed by atoms with Crippen LogP contribution in [0.1, 0.15) is 34.2 Å². The molecule has 2 heterocycles. The summed E-state index contributed by atoms with van der Waals surface area (Å²) in [6.45, 7) is 4.42. The Morgan fingerprint density at radius 1 is 1.06 bits per heavy atom. The van der Waals surface area contributed by atoms with E-state index in [1.54, 1.807) is 30.5 Å². The Balaban J connectivity index is 1.43. The molecule has 1 amide bonds. The standard InChI is InChI=1S/C25H24N4O2/c1-3-20-15-27-24(28-20)19-8-7-17(2)23(14-19)29-25(30)18-9-11-22(12-10-18)31-16-21-6-4-5-13-26-21/h4-15H,3,16H2,1-2H3,(H,27,28)(H,29,30). The summed E-state index contributed by atoms with van der Waals surface area (Å²) >= 11 is 0. The number of nitrogens with one attached hydrogen (secondary N) is 2. The van der Waals surface area contributed by atoms with Crippen LogP contribution in [0.5, 0.6) is 5.75 Å². The largest absolute Gasteiger partial charge is 0.487 e. The zero-order valence-corrected chi connectivity index (χ0v) is 17.6. The molecule has 0 aliphatic rings. The van der Waals surface area contributed by atoms with Crippen LogP contribution in [0.2, 0.25) is 0 Å². The highest BCUT2D eigenvalue weighted by atomic mass is 16.5. The highest BCUT2D eigenvalue weighted by Gasteiger charge is 2.11. The van der Waals surface area contributed by atoms with E-state index in [1.807, 2.05) is 49.5 Å². The number of amides is 1. The highest BCUT2D eigenvalue weighted by Crippen LogP contribution is 2.24. The molecular formula is C25H24N4O2. The molecule has 0 aliphatic carbocycles. The third-order valence-corrected chi connectivity index (χ3v) is 5.00. The molecule has 2 aromatic carbocycles. The van der Waals surface area contributed by atoms with E-state index in [0.29, 0.717) is 17.9 Å². The van der Waals surface area contributed by atoms with Crippen molar-refractivity contribution in [2.45, 2.75) is 26.9 Å². The molecule has 0 unspecified atom stereocenters. The van der Waals surface area contributed by atoms with Gasteiger partial charge in [-0.1, -0.05) is 25.1 Å². The number of pyridine rings is 1. The number of ether oxygens (including phenoxy) is 1. The molecule has 4 rings (SSSR count). The van der Waals surface area contributed by atoms with Gasteiger partial charge in [0.2, 0.25) is 0 Å². The van der Waals surface area contributed by atoms with Crippen LogP contribution in [0.25, 0.3) is 11.4 Å². The molecule has 0 fully saturated rings. The first-order chi connectivity index (χ1) is 15.1. The Bertz CT molecular complexity index is 1170. The van der Waals surface area contributed by atoms with Crippen molar-refractivity contribution < 1.29 is 9.53 Å². The fourth-order valence-electron chi connectivity index (χ4n) is 3.13. The number of H-pyrrole nitrogens is 1. The SMILES string of the molecule is CCc1cnc(-c2ccc(C)c(NC(=O)c3ccc(OCc4ccccn4)cc3)c2)[nH]1. The van der Waals surface area contributed by atoms with Gasteiger partial charge in [0, 0.05) is 34.9 Å². The molecule has 156 valence electrons. The van der Waals surface area contributed by atoms with Crippen molar-refractivity contribution in [3.63, 3.8) is 0 Å². The van der Waals surface area contributed by atoms with Crippen LogP contribution in [0.15, 0.2) is 73.1 Å². The minimum Gasteiger partial charge on any atom is -0.487 e. The van der Waals surface area contributed by atoms with Crippen LogP contribution in [-0.4, -0.2) is 20.9 Å². The molecule has 0 atom stereocenters. The van der Waals surface area contributed by atoms with Crippen molar-refractivity contribution in [2.75, 3.05) is 5.32 Å². The summed E-state index contributed by atoms with van der Waals surface area (Å²) < 4.78 is 5.74. The summed E-state index contributed by atoms with van der Waals surface area (Å²) in [4.78, 5) is 24.7. The predicted molar refractivity (Wildman–Crippen MR) is 121 cm³/mol. The van der Waals surface area contributed by atoms with Gasteiger partial charge in [-0.15, -0.1) is 0 Å². The predicted octanol–water partition coefficient (Wildman–Crippen LogP) is 5.17. The van der Waals surface area contributed by atoms with Gasteiger partial charge in [0.05, 0.1) is 5.69 Å². The van der Waals surface area contributed by atoms with Gasteiger partial charge in [0.25, 0.3) is 5.91 Å². The molecule has 0 aliphatic heterocycles. The second-order valence-corrected chi connectivity index (χ2v) is 7.23. The number of rotatable bonds is 7. The number of benzene rings is 2. The van der Waals surface area contributed by atoms with Crippen LogP contribution >= 0.6 is 0 Å². The first kappa shape index (κ1) is 20.3. The number of carbonyl (C=O) groups excluding carboxylic acids is 1. The smallest absolute Gasteiger partial charge is 0.255 e. The number of aromatic nitrogens is 3. The third kappa shape index (κ3) is 4.98. The number of hydrogen-bond acceptors (Lipinski definition) is 4. The average molecular weight is 412 g/mol. The van der Waals surface area contributed by atoms with E-state index in [1.165, 1.54) is 0 Å². The minimum absolute atomic E-state index is 0.176. The molecule has 0 saturated heterocycles. The van der Waals surface area contributed by atoms with E-state index in [-0.39, 0.29) is 5.91 Å². The topological polar surface area (TPSA) is 79.9 Å². The summed E-state index contributed by atoms with van der Waals surface area (Å²) in [5.74, 6) is 1.30. The fraction of sp³-hybridized carbons (Fsp3) is 0.160. The zero-order chi connectivity index (χ0) is 21.6. The monoisotopic (exact) mass is 412 g/mol. The van der Waals surface area contributed by atoms with Gasteiger partial charge >= 0.3 is 0 Å². The zero-order valence-electron chi connectivity index (χ0n) is 17.6. The maximum atomic E-state index is 12.8. The van der Waals surface area contributed by atoms with Gasteiger partial charge in [0.15, 0.2) is 0 Å². The molecule has 0 saturated carbocycles. The van der Waals surface area contributed by atoms with E-state index in [9.17, 15) is 4.79 Å². The number of carbonyl (C=O) groups is 1. The average Bonchev–Trinajstić information content (AvgIpc) is 3.29. The number of nitrogens with zero attached hydrogens (tertiary/aromatic N) is 2. The lowest BCUT2D eigenvalue weighted by atomic mass is 10.1. The van der Waals surface area contributed by atoms with Gasteiger partial charge in [-0.05, 0) is 61.4 Å². The number of imidazole rings is 1. The molecule has 2 aromatic heterocycles. The van der Waals surface area contributed by atoms with Crippen LogP contribution in [0.3, 0.4) is 0 Å². The lowest BCUT2D eigenvalue weighted by Gasteiger charge is -2.11. The first-order valence-electron chi connectivity index (χ1n) is 10.2. The molecule has 6 nitrogen and oxygen atoms in total. The van der Waals surface area contributed by atoms with Crippen molar-refractivity contribution in [1.29, 1.82) is 0 Å². The van der Waals surface area contributed by atoms with Crippen LogP contribution in [0, 0.1) is 6.92 Å². The number of aryl methyl sites for hydroxylation is 2. The van der Waals surface area contributed by atoms with E-state index >= 15 is 0 Å². The molecular weight excluding hydrogens is 388 g/mol. The van der Waals surface area contributed by atoms with Gasteiger partial charge < -0.3 is 15.0 Å². The molecule has 6 heteroatoms. The Morgan fingerprint density at radius 2 is 1.90 bits per heavy atom. The second kappa shape index (κ2) is 9.26. The highest BCUT2D eigenvalue weighted by molar-refractivity contribution is 6.05. The van der Waals surface area contributed by atoms with Gasteiger partial charge in [-0.2, -0.15) is 0 Å². The summed E-state index contributed by atoms with van der Waals surface area (Å²) in [5, 5.41) is 3.00. The van der Waals surface area contributed by atoms with Crippen molar-refractivity contribution in [1.82, 2.24) is 15.0 Å². The second-order valence-electron chi connectivity index (χ2n) is 7.23. The Labute approximate surface area is 181 Å². The summed E-state index contributed by atoms with van der Waals surface area (Å²) in [6.07, 6.45) is 4.46. The molecule has 0 bridgehead atoms. The Kier molecular flexibility index (Phi) is 6.08. The van der Waals surface area contributed by atoms with E-state index < -0.39 is 0 Å². The van der Waals surface area contributed by atoms with E-state index in [2.05, 4.69) is 27.2 Å². The molecule has 4 aromatic rings. The molecule has 0 radical (unpaired) electrons. The maximum Gasteiger partial charge on any atom is 0.255 e. The minimum atomic E-state index is -0.176. The molecule has 0 spiro atoms. The van der Waals surface area contributed by atoms with Gasteiger partial charge in [-0.3, -0.25) is 9.78 Å². The summed E-state index contributed by atoms with van der Waals surface area (Å²) in [5.41, 5.74) is 5.15. The summed E-state index contributed by atoms with van der Waals surface area (Å²) in [7, 11) is 0. The number of aromatic amines is 1. The Hall–Kier alpha value is -3.93. The third-order valence-electron chi connectivity index (χ3n) is 5.00. The number of anilines is 1. The van der Waals surface area contributed by atoms with Crippen LogP contribution < -0.4 is 10.1 Å². The fourth-order valence-corrected chi connectivity index (χ4v) is 3.13. The lowest BCUT2D eigenvalue weighted by molar-refractivity contribution is 0.102. The van der Waals surface area contributed by atoms with Crippen molar-refractivity contribution >= 4 is 11.6 Å². The first-order valence-corrected chi connectivity index (χ1v) is 10.2. The number of hydrogen-bond donors (Lipinski definition) is 2. The van der Waals surface area contributed by atoms with Crippen LogP contribution in [-0.2, 0) is 13.0 Å². The van der Waals surface area contributed by atoms with Gasteiger partial charge in [-0.25, -0.2) is 4.98 Å². The van der Waals surface area contributed by atoms with Crippen molar-refractivity contribution in [3.8, 4) is 17.1 Å². The summed E-state index contributed by atoms with van der Waals surface area (Å²) in [6, 6.07) is 18.7. The lowest BCUT2D eigenvalue weighted by Crippen LogP contribution is -2.12. The normalized spacial score (nSPS) is 10.6. The Morgan fingerprint density at radius 3 is 2.61 bits per heavy atom. The molecule has 31 heavy (non-hydrogen) atoms. The molecule has 2 N–H and O–H groups in total. The van der Waals surface area contributed by atoms with Crippen LogP contribution in [0.4, 0.5) is 5.69 Å². The van der Waals surface area contributed by atoms with E-state index in [4.69, 9.17) is 4.74 Å². The van der Waals surface area contributed by atoms with E-state index in [0.717, 1.165) is 40.4 Å². The maximum absolute atomic E-state index is 12.8. The van der Waals surface area contributed by atoms with Crippen molar-refractivity contribution in [3.05, 3.63) is 95.6 Å². The van der Waals surface area contributed by atoms with Crippen molar-refractivity contribution in [2.24, 2.45) is 0 Å². The van der Waals surface area contributed by atoms with Gasteiger partial charge in [0.1, 0.15) is 18.2 Å².